The zero-order chi connectivity index (χ0) is 19.9. The summed E-state index contributed by atoms with van der Waals surface area (Å²) in [5.74, 6) is -1.67. The lowest BCUT2D eigenvalue weighted by atomic mass is 10.1. The van der Waals surface area contributed by atoms with Crippen molar-refractivity contribution >= 4 is 26.2 Å². The van der Waals surface area contributed by atoms with E-state index in [1.54, 1.807) is 13.8 Å². The molecular weight excluding hydrogens is 396 g/mol. The Labute approximate surface area is 152 Å². The van der Waals surface area contributed by atoms with Gasteiger partial charge >= 0.3 is 5.97 Å². The predicted molar refractivity (Wildman–Crippen MR) is 84.8 cm³/mol. The van der Waals surface area contributed by atoms with Gasteiger partial charge in [0.1, 0.15) is 12.2 Å². The molecule has 0 aromatic rings. The fraction of sp³-hybridized carbons (Fsp3) is 0.923. The number of hydrogen-bond acceptors (Lipinski definition) is 11. The van der Waals surface area contributed by atoms with Gasteiger partial charge in [-0.1, -0.05) is 0 Å². The third-order valence-corrected chi connectivity index (χ3v) is 4.60. The average molecular weight is 418 g/mol. The van der Waals surface area contributed by atoms with E-state index in [1.807, 2.05) is 0 Å². The summed E-state index contributed by atoms with van der Waals surface area (Å²) in [4.78, 5) is 11.5. The van der Waals surface area contributed by atoms with E-state index in [1.165, 1.54) is 0 Å². The van der Waals surface area contributed by atoms with Crippen molar-refractivity contribution in [3.8, 4) is 0 Å². The van der Waals surface area contributed by atoms with Crippen LogP contribution in [0, 0.1) is 0 Å². The van der Waals surface area contributed by atoms with Crippen molar-refractivity contribution in [2.45, 2.75) is 57.3 Å². The molecule has 2 aliphatic rings. The summed E-state index contributed by atoms with van der Waals surface area (Å²) in [7, 11) is -7.89. The molecule has 0 unspecified atom stereocenters. The number of fused-ring (bicyclic) bond motifs is 1. The average Bonchev–Trinajstić information content (AvgIpc) is 2.85. The Kier molecular flexibility index (Phi) is 6.03. The zero-order valence-electron chi connectivity index (χ0n) is 14.9. The second-order valence-electron chi connectivity index (χ2n) is 6.47. The van der Waals surface area contributed by atoms with Gasteiger partial charge in [0.05, 0.1) is 19.1 Å². The lowest BCUT2D eigenvalue weighted by Gasteiger charge is -2.29. The Hall–Kier alpha value is -0.830. The predicted octanol–water partition coefficient (Wildman–Crippen LogP) is -0.884. The summed E-state index contributed by atoms with van der Waals surface area (Å²) in [6.07, 6.45) is -3.91. The molecule has 152 valence electrons. The summed E-state index contributed by atoms with van der Waals surface area (Å²) >= 11 is 0. The minimum Gasteiger partial charge on any atom is -0.457 e. The molecule has 13 heteroatoms. The fourth-order valence-corrected chi connectivity index (χ4v) is 3.72. The number of esters is 1. The molecule has 0 spiro atoms. The first-order valence-corrected chi connectivity index (χ1v) is 11.2. The van der Waals surface area contributed by atoms with E-state index >= 15 is 0 Å². The standard InChI is InChI=1S/C13H22O11S2/c1-7(14)20-10-9(21-12-11(10)22-13(2,3)23-12)8(24-26(5,17)18)6-19-25(4,15)16/h8-12H,6H2,1-5H3/t8-,9-,10+,11-,12-/m1/s1. The lowest BCUT2D eigenvalue weighted by molar-refractivity contribution is -0.228. The Morgan fingerprint density at radius 3 is 2.23 bits per heavy atom. The highest BCUT2D eigenvalue weighted by atomic mass is 32.2. The van der Waals surface area contributed by atoms with Crippen LogP contribution in [0.2, 0.25) is 0 Å². The number of hydrogen-bond donors (Lipinski definition) is 0. The molecule has 0 saturated carbocycles. The fourth-order valence-electron chi connectivity index (χ4n) is 2.72. The molecule has 11 nitrogen and oxygen atoms in total. The van der Waals surface area contributed by atoms with E-state index in [2.05, 4.69) is 4.18 Å². The van der Waals surface area contributed by atoms with Gasteiger partial charge in [-0.15, -0.1) is 0 Å². The first-order valence-electron chi connectivity index (χ1n) is 7.58. The van der Waals surface area contributed by atoms with Crippen molar-refractivity contribution in [3.63, 3.8) is 0 Å². The van der Waals surface area contributed by atoms with Crippen molar-refractivity contribution < 1.29 is 48.9 Å². The topological polar surface area (TPSA) is 141 Å². The van der Waals surface area contributed by atoms with Crippen molar-refractivity contribution in [1.29, 1.82) is 0 Å². The SMILES string of the molecule is CC(=O)O[C@@H]1[C@H]2OC(C)(C)O[C@H]2O[C@@H]1[C@@H](COS(C)(=O)=O)OS(C)(=O)=O. The van der Waals surface area contributed by atoms with E-state index in [4.69, 9.17) is 23.1 Å². The molecule has 0 radical (unpaired) electrons. The molecule has 0 amide bonds. The van der Waals surface area contributed by atoms with Crippen LogP contribution in [0.1, 0.15) is 20.8 Å². The summed E-state index contributed by atoms with van der Waals surface area (Å²) in [6, 6.07) is 0. The highest BCUT2D eigenvalue weighted by Crippen LogP contribution is 2.40. The third kappa shape index (κ3) is 5.84. The number of ether oxygens (including phenoxy) is 4. The van der Waals surface area contributed by atoms with E-state index in [9.17, 15) is 21.6 Å². The molecule has 0 bridgehead atoms. The van der Waals surface area contributed by atoms with Crippen LogP contribution in [0.3, 0.4) is 0 Å². The van der Waals surface area contributed by atoms with Crippen LogP contribution in [0.25, 0.3) is 0 Å². The second kappa shape index (κ2) is 7.30. The monoisotopic (exact) mass is 418 g/mol. The molecule has 2 fully saturated rings. The minimum atomic E-state index is -4.00. The molecule has 0 aromatic heterocycles. The van der Waals surface area contributed by atoms with Crippen LogP contribution in [-0.2, 0) is 52.3 Å². The molecule has 2 rings (SSSR count). The molecule has 5 atom stereocenters. The summed E-state index contributed by atoms with van der Waals surface area (Å²) in [5, 5.41) is 0. The summed E-state index contributed by atoms with van der Waals surface area (Å²) in [6.45, 7) is 3.75. The second-order valence-corrected chi connectivity index (χ2v) is 9.72. The first kappa shape index (κ1) is 21.5. The zero-order valence-corrected chi connectivity index (χ0v) is 16.5. The van der Waals surface area contributed by atoms with Gasteiger partial charge < -0.3 is 18.9 Å². The van der Waals surface area contributed by atoms with Crippen LogP contribution < -0.4 is 0 Å². The normalized spacial score (nSPS) is 32.2. The molecule has 2 heterocycles. The maximum absolute atomic E-state index is 11.5. The smallest absolute Gasteiger partial charge is 0.303 e. The molecule has 0 N–H and O–H groups in total. The van der Waals surface area contributed by atoms with Gasteiger partial charge in [0, 0.05) is 6.92 Å². The largest absolute Gasteiger partial charge is 0.457 e. The van der Waals surface area contributed by atoms with Crippen LogP contribution in [0.5, 0.6) is 0 Å². The number of carbonyl (C=O) groups excluding carboxylic acids is 1. The van der Waals surface area contributed by atoms with Gasteiger partial charge in [-0.3, -0.25) is 13.2 Å². The minimum absolute atomic E-state index is 0.667. The maximum Gasteiger partial charge on any atom is 0.303 e. The van der Waals surface area contributed by atoms with Crippen molar-refractivity contribution in [3.05, 3.63) is 0 Å². The Morgan fingerprint density at radius 2 is 1.73 bits per heavy atom. The Morgan fingerprint density at radius 1 is 1.12 bits per heavy atom. The summed E-state index contributed by atoms with van der Waals surface area (Å²) in [5.41, 5.74) is 0. The van der Waals surface area contributed by atoms with Crippen LogP contribution in [0.15, 0.2) is 0 Å². The van der Waals surface area contributed by atoms with E-state index < -0.39 is 69.3 Å². The van der Waals surface area contributed by atoms with Gasteiger partial charge in [-0.2, -0.15) is 16.8 Å². The van der Waals surface area contributed by atoms with Gasteiger partial charge in [-0.05, 0) is 13.8 Å². The van der Waals surface area contributed by atoms with Crippen molar-refractivity contribution in [2.75, 3.05) is 19.1 Å². The van der Waals surface area contributed by atoms with E-state index in [0.29, 0.717) is 0 Å². The van der Waals surface area contributed by atoms with Gasteiger partial charge in [0.25, 0.3) is 20.2 Å². The molecule has 0 aromatic carbocycles. The number of rotatable bonds is 7. The van der Waals surface area contributed by atoms with Gasteiger partial charge in [0.15, 0.2) is 24.3 Å². The molecular formula is C13H22O11S2. The van der Waals surface area contributed by atoms with Crippen molar-refractivity contribution in [1.82, 2.24) is 0 Å². The molecule has 0 aliphatic carbocycles. The van der Waals surface area contributed by atoms with Crippen LogP contribution in [-0.4, -0.2) is 78.4 Å². The third-order valence-electron chi connectivity index (χ3n) is 3.44. The summed E-state index contributed by atoms with van der Waals surface area (Å²) < 4.78 is 77.2. The molecule has 2 saturated heterocycles. The molecule has 26 heavy (non-hydrogen) atoms. The molecule has 2 aliphatic heterocycles. The highest BCUT2D eigenvalue weighted by molar-refractivity contribution is 7.86. The van der Waals surface area contributed by atoms with Gasteiger partial charge in [-0.25, -0.2) is 0 Å². The Balaban J connectivity index is 2.27. The maximum atomic E-state index is 11.5. The van der Waals surface area contributed by atoms with E-state index in [-0.39, 0.29) is 0 Å². The lowest BCUT2D eigenvalue weighted by Crippen LogP contribution is -2.47. The first-order chi connectivity index (χ1) is 11.7. The van der Waals surface area contributed by atoms with Crippen LogP contribution >= 0.6 is 0 Å². The van der Waals surface area contributed by atoms with Crippen LogP contribution in [0.4, 0.5) is 0 Å². The number of carbonyl (C=O) groups is 1. The van der Waals surface area contributed by atoms with Crippen molar-refractivity contribution in [2.24, 2.45) is 0 Å². The quantitative estimate of drug-likeness (QED) is 0.376. The van der Waals surface area contributed by atoms with E-state index in [0.717, 1.165) is 19.4 Å². The highest BCUT2D eigenvalue weighted by Gasteiger charge is 2.59. The Bertz CT molecular complexity index is 742. The van der Waals surface area contributed by atoms with Gasteiger partial charge in [0.2, 0.25) is 0 Å².